The highest BCUT2D eigenvalue weighted by Crippen LogP contribution is 2.23. The summed E-state index contributed by atoms with van der Waals surface area (Å²) in [7, 11) is -3.67. The van der Waals surface area contributed by atoms with Crippen LogP contribution >= 0.6 is 11.3 Å². The molecular formula is C11H14N4O2S2. The fraction of sp³-hybridized carbons (Fsp3) is 0.273. The van der Waals surface area contributed by atoms with Crippen molar-refractivity contribution in [2.24, 2.45) is 5.73 Å². The first-order valence-electron chi connectivity index (χ1n) is 5.53. The Balaban J connectivity index is 2.48. The minimum Gasteiger partial charge on any atom is -0.326 e. The summed E-state index contributed by atoms with van der Waals surface area (Å²) >= 11 is 1.13. The Morgan fingerprint density at radius 1 is 1.37 bits per heavy atom. The van der Waals surface area contributed by atoms with E-state index in [9.17, 15) is 8.42 Å². The SMILES string of the molecule is Cc1cc(CN)cc(S(=O)(=O)Nc2nncs2)c1C. The number of benzene rings is 1. The first-order chi connectivity index (χ1) is 8.94. The second-order valence-electron chi connectivity index (χ2n) is 4.09. The number of aryl methyl sites for hydroxylation is 1. The molecule has 0 aliphatic rings. The van der Waals surface area contributed by atoms with Crippen molar-refractivity contribution in [3.8, 4) is 0 Å². The van der Waals surface area contributed by atoms with Gasteiger partial charge in [-0.15, -0.1) is 10.2 Å². The summed E-state index contributed by atoms with van der Waals surface area (Å²) in [5.41, 5.74) is 9.42. The molecule has 0 bridgehead atoms. The van der Waals surface area contributed by atoms with Gasteiger partial charge in [0.1, 0.15) is 5.51 Å². The highest BCUT2D eigenvalue weighted by Gasteiger charge is 2.20. The van der Waals surface area contributed by atoms with Gasteiger partial charge in [0.2, 0.25) is 5.13 Å². The van der Waals surface area contributed by atoms with E-state index in [4.69, 9.17) is 5.73 Å². The monoisotopic (exact) mass is 298 g/mol. The Labute approximate surface area is 115 Å². The zero-order valence-electron chi connectivity index (χ0n) is 10.5. The third-order valence-electron chi connectivity index (χ3n) is 2.79. The van der Waals surface area contributed by atoms with Crippen LogP contribution in [0, 0.1) is 13.8 Å². The molecule has 0 aliphatic carbocycles. The van der Waals surface area contributed by atoms with Gasteiger partial charge in [0.05, 0.1) is 4.90 Å². The van der Waals surface area contributed by atoms with Crippen LogP contribution in [0.3, 0.4) is 0 Å². The van der Waals surface area contributed by atoms with Crippen LogP contribution in [-0.4, -0.2) is 18.6 Å². The molecule has 2 aromatic rings. The molecule has 2 rings (SSSR count). The van der Waals surface area contributed by atoms with Crippen molar-refractivity contribution in [2.75, 3.05) is 4.72 Å². The van der Waals surface area contributed by atoms with Gasteiger partial charge in [-0.05, 0) is 36.6 Å². The lowest BCUT2D eigenvalue weighted by atomic mass is 10.1. The van der Waals surface area contributed by atoms with Gasteiger partial charge in [-0.3, -0.25) is 4.72 Å². The van der Waals surface area contributed by atoms with E-state index in [-0.39, 0.29) is 10.0 Å². The van der Waals surface area contributed by atoms with Gasteiger partial charge < -0.3 is 5.73 Å². The maximum absolute atomic E-state index is 12.3. The fourth-order valence-electron chi connectivity index (χ4n) is 1.68. The van der Waals surface area contributed by atoms with Crippen LogP contribution in [0.2, 0.25) is 0 Å². The summed E-state index contributed by atoms with van der Waals surface area (Å²) in [6.45, 7) is 3.92. The van der Waals surface area contributed by atoms with E-state index in [1.165, 1.54) is 5.51 Å². The fourth-order valence-corrected chi connectivity index (χ4v) is 3.74. The van der Waals surface area contributed by atoms with Crippen LogP contribution in [0.4, 0.5) is 5.13 Å². The van der Waals surface area contributed by atoms with Gasteiger partial charge in [-0.25, -0.2) is 8.42 Å². The molecule has 0 saturated carbocycles. The lowest BCUT2D eigenvalue weighted by Gasteiger charge is -2.12. The number of hydrogen-bond acceptors (Lipinski definition) is 6. The van der Waals surface area contributed by atoms with E-state index in [2.05, 4.69) is 14.9 Å². The quantitative estimate of drug-likeness (QED) is 0.889. The number of nitrogens with two attached hydrogens (primary N) is 1. The smallest absolute Gasteiger partial charge is 0.263 e. The molecule has 102 valence electrons. The van der Waals surface area contributed by atoms with Gasteiger partial charge in [-0.2, -0.15) is 0 Å². The standard InChI is InChI=1S/C11H14N4O2S2/c1-7-3-9(5-12)4-10(8(7)2)19(16,17)15-11-14-13-6-18-11/h3-4,6H,5,12H2,1-2H3,(H,14,15). The maximum Gasteiger partial charge on any atom is 0.263 e. The second kappa shape index (κ2) is 5.24. The molecule has 1 aromatic carbocycles. The molecule has 0 aliphatic heterocycles. The number of anilines is 1. The Morgan fingerprint density at radius 2 is 2.11 bits per heavy atom. The highest BCUT2D eigenvalue weighted by atomic mass is 32.2. The Hall–Kier alpha value is -1.51. The number of nitrogens with zero attached hydrogens (tertiary/aromatic N) is 2. The predicted molar refractivity (Wildman–Crippen MR) is 74.5 cm³/mol. The molecule has 0 atom stereocenters. The average molecular weight is 298 g/mol. The molecule has 19 heavy (non-hydrogen) atoms. The Bertz CT molecular complexity index is 681. The third kappa shape index (κ3) is 2.91. The van der Waals surface area contributed by atoms with Crippen molar-refractivity contribution in [1.29, 1.82) is 0 Å². The van der Waals surface area contributed by atoms with E-state index in [0.29, 0.717) is 12.1 Å². The normalized spacial score (nSPS) is 11.5. The zero-order valence-corrected chi connectivity index (χ0v) is 12.2. The van der Waals surface area contributed by atoms with Gasteiger partial charge in [-0.1, -0.05) is 17.4 Å². The molecule has 0 spiro atoms. The molecule has 1 heterocycles. The number of nitrogens with one attached hydrogen (secondary N) is 1. The molecule has 0 amide bonds. The van der Waals surface area contributed by atoms with Crippen molar-refractivity contribution in [1.82, 2.24) is 10.2 Å². The summed E-state index contributed by atoms with van der Waals surface area (Å²) in [6.07, 6.45) is 0. The van der Waals surface area contributed by atoms with Crippen molar-refractivity contribution >= 4 is 26.5 Å². The summed E-state index contributed by atoms with van der Waals surface area (Å²) in [4.78, 5) is 0.225. The summed E-state index contributed by atoms with van der Waals surface area (Å²) < 4.78 is 27.1. The first kappa shape index (κ1) is 13.9. The maximum atomic E-state index is 12.3. The second-order valence-corrected chi connectivity index (χ2v) is 6.57. The zero-order chi connectivity index (χ0) is 14.0. The van der Waals surface area contributed by atoms with Crippen LogP contribution in [0.15, 0.2) is 22.5 Å². The number of rotatable bonds is 4. The molecule has 1 aromatic heterocycles. The van der Waals surface area contributed by atoms with Crippen molar-refractivity contribution in [3.63, 3.8) is 0 Å². The molecule has 0 unspecified atom stereocenters. The molecule has 0 fully saturated rings. The Kier molecular flexibility index (Phi) is 3.83. The van der Waals surface area contributed by atoms with Crippen LogP contribution < -0.4 is 10.5 Å². The van der Waals surface area contributed by atoms with Gasteiger partial charge >= 0.3 is 0 Å². The third-order valence-corrected chi connectivity index (χ3v) is 4.99. The van der Waals surface area contributed by atoms with Crippen LogP contribution in [0.5, 0.6) is 0 Å². The molecule has 6 nitrogen and oxygen atoms in total. The van der Waals surface area contributed by atoms with Crippen molar-refractivity contribution < 1.29 is 8.42 Å². The van der Waals surface area contributed by atoms with Crippen molar-refractivity contribution in [3.05, 3.63) is 34.3 Å². The van der Waals surface area contributed by atoms with Gasteiger partial charge in [0.15, 0.2) is 0 Å². The summed E-state index contributed by atoms with van der Waals surface area (Å²) in [5, 5.41) is 7.52. The van der Waals surface area contributed by atoms with E-state index in [1.54, 1.807) is 13.0 Å². The van der Waals surface area contributed by atoms with E-state index < -0.39 is 10.0 Å². The van der Waals surface area contributed by atoms with Crippen LogP contribution in [-0.2, 0) is 16.6 Å². The lowest BCUT2D eigenvalue weighted by molar-refractivity contribution is 0.600. The number of sulfonamides is 1. The van der Waals surface area contributed by atoms with Crippen molar-refractivity contribution in [2.45, 2.75) is 25.3 Å². The van der Waals surface area contributed by atoms with E-state index in [1.807, 2.05) is 13.0 Å². The van der Waals surface area contributed by atoms with Crippen LogP contribution in [0.25, 0.3) is 0 Å². The first-order valence-corrected chi connectivity index (χ1v) is 7.89. The minimum absolute atomic E-state index is 0.225. The molecule has 0 saturated heterocycles. The molecule has 0 radical (unpaired) electrons. The molecule has 3 N–H and O–H groups in total. The van der Waals surface area contributed by atoms with Gasteiger partial charge in [0, 0.05) is 6.54 Å². The minimum atomic E-state index is -3.67. The summed E-state index contributed by atoms with van der Waals surface area (Å²) in [6, 6.07) is 3.48. The summed E-state index contributed by atoms with van der Waals surface area (Å²) in [5.74, 6) is 0. The molecular weight excluding hydrogens is 284 g/mol. The van der Waals surface area contributed by atoms with Gasteiger partial charge in [0.25, 0.3) is 10.0 Å². The largest absolute Gasteiger partial charge is 0.326 e. The predicted octanol–water partition coefficient (Wildman–Crippen LogP) is 1.41. The highest BCUT2D eigenvalue weighted by molar-refractivity contribution is 7.93. The average Bonchev–Trinajstić information content (AvgIpc) is 2.84. The van der Waals surface area contributed by atoms with E-state index >= 15 is 0 Å². The lowest BCUT2D eigenvalue weighted by Crippen LogP contribution is -2.15. The number of hydrogen-bond donors (Lipinski definition) is 2. The number of aromatic nitrogens is 2. The Morgan fingerprint density at radius 3 is 2.68 bits per heavy atom. The molecule has 8 heteroatoms. The van der Waals surface area contributed by atoms with E-state index in [0.717, 1.165) is 22.5 Å². The van der Waals surface area contributed by atoms with Crippen LogP contribution in [0.1, 0.15) is 16.7 Å². The topological polar surface area (TPSA) is 98.0 Å².